The summed E-state index contributed by atoms with van der Waals surface area (Å²) in [6.07, 6.45) is -3.39. The van der Waals surface area contributed by atoms with Crippen LogP contribution in [0.1, 0.15) is 30.5 Å². The monoisotopic (exact) mass is 261 g/mol. The van der Waals surface area contributed by atoms with Gasteiger partial charge in [0.15, 0.2) is 0 Å². The average Bonchev–Trinajstić information content (AvgIpc) is 2.33. The summed E-state index contributed by atoms with van der Waals surface area (Å²) in [7, 11) is 1.64. The van der Waals surface area contributed by atoms with E-state index in [0.717, 1.165) is 30.7 Å². The molecule has 0 amide bonds. The lowest BCUT2D eigenvalue weighted by Crippen LogP contribution is -2.21. The van der Waals surface area contributed by atoms with Gasteiger partial charge in [-0.05, 0) is 37.6 Å². The molecule has 2 nitrogen and oxygen atoms in total. The molecule has 5 heteroatoms. The number of alkyl halides is 3. The normalized spacial score (nSPS) is 13.6. The van der Waals surface area contributed by atoms with Crippen molar-refractivity contribution in [2.45, 2.75) is 25.6 Å². The van der Waals surface area contributed by atoms with Crippen molar-refractivity contribution in [1.29, 1.82) is 0 Å². The van der Waals surface area contributed by atoms with Crippen LogP contribution in [-0.2, 0) is 10.9 Å². The van der Waals surface area contributed by atoms with E-state index < -0.39 is 11.7 Å². The van der Waals surface area contributed by atoms with Gasteiger partial charge in [-0.25, -0.2) is 0 Å². The SMILES string of the molecule is COCCCNC(C)c1ccc(C(F)(F)F)cc1. The average molecular weight is 261 g/mol. The van der Waals surface area contributed by atoms with E-state index in [4.69, 9.17) is 4.74 Å². The van der Waals surface area contributed by atoms with Gasteiger partial charge in [-0.1, -0.05) is 12.1 Å². The molecular formula is C13H18F3NO. The molecule has 1 atom stereocenters. The predicted octanol–water partition coefficient (Wildman–Crippen LogP) is 3.39. The Morgan fingerprint density at radius 3 is 2.33 bits per heavy atom. The van der Waals surface area contributed by atoms with Crippen molar-refractivity contribution in [2.24, 2.45) is 0 Å². The second-order valence-corrected chi connectivity index (χ2v) is 4.14. The summed E-state index contributed by atoms with van der Waals surface area (Å²) in [6.45, 7) is 3.37. The van der Waals surface area contributed by atoms with E-state index in [1.54, 1.807) is 7.11 Å². The van der Waals surface area contributed by atoms with Crippen molar-refractivity contribution in [3.05, 3.63) is 35.4 Å². The lowest BCUT2D eigenvalue weighted by Gasteiger charge is -2.15. The van der Waals surface area contributed by atoms with Crippen LogP contribution in [-0.4, -0.2) is 20.3 Å². The minimum Gasteiger partial charge on any atom is -0.385 e. The molecule has 0 heterocycles. The Kier molecular flexibility index (Phi) is 5.62. The summed E-state index contributed by atoms with van der Waals surface area (Å²) in [5.74, 6) is 0. The summed E-state index contributed by atoms with van der Waals surface area (Å²) in [6, 6.07) is 5.28. The maximum atomic E-state index is 12.4. The lowest BCUT2D eigenvalue weighted by molar-refractivity contribution is -0.137. The Morgan fingerprint density at radius 1 is 1.22 bits per heavy atom. The Labute approximate surface area is 105 Å². The van der Waals surface area contributed by atoms with Crippen molar-refractivity contribution in [1.82, 2.24) is 5.32 Å². The van der Waals surface area contributed by atoms with Crippen molar-refractivity contribution in [3.8, 4) is 0 Å². The highest BCUT2D eigenvalue weighted by Crippen LogP contribution is 2.29. The third-order valence-electron chi connectivity index (χ3n) is 2.71. The Morgan fingerprint density at radius 2 is 1.83 bits per heavy atom. The minimum absolute atomic E-state index is 0.0316. The standard InChI is InChI=1S/C13H18F3NO/c1-10(17-8-3-9-18-2)11-4-6-12(7-5-11)13(14,15)16/h4-7,10,17H,3,8-9H2,1-2H3. The fraction of sp³-hybridized carbons (Fsp3) is 0.538. The molecule has 1 unspecified atom stereocenters. The zero-order chi connectivity index (χ0) is 13.6. The molecule has 1 N–H and O–H groups in total. The number of methoxy groups -OCH3 is 1. The third kappa shape index (κ3) is 4.66. The Bertz CT molecular complexity index is 348. The maximum absolute atomic E-state index is 12.4. The highest BCUT2D eigenvalue weighted by Gasteiger charge is 2.30. The van der Waals surface area contributed by atoms with Gasteiger partial charge in [0.05, 0.1) is 5.56 Å². The molecule has 0 fully saturated rings. The van der Waals surface area contributed by atoms with Gasteiger partial charge in [0.25, 0.3) is 0 Å². The topological polar surface area (TPSA) is 21.3 Å². The summed E-state index contributed by atoms with van der Waals surface area (Å²) in [5.41, 5.74) is 0.234. The van der Waals surface area contributed by atoms with E-state index in [0.29, 0.717) is 6.61 Å². The van der Waals surface area contributed by atoms with Crippen molar-refractivity contribution >= 4 is 0 Å². The molecule has 0 saturated heterocycles. The largest absolute Gasteiger partial charge is 0.416 e. The number of hydrogen-bond acceptors (Lipinski definition) is 2. The molecule has 1 aromatic carbocycles. The first kappa shape index (κ1) is 15.0. The minimum atomic E-state index is -4.27. The quantitative estimate of drug-likeness (QED) is 0.792. The summed E-state index contributed by atoms with van der Waals surface area (Å²) >= 11 is 0. The number of rotatable bonds is 6. The first-order valence-electron chi connectivity index (χ1n) is 5.84. The van der Waals surface area contributed by atoms with E-state index in [-0.39, 0.29) is 6.04 Å². The number of halogens is 3. The molecule has 0 spiro atoms. The van der Waals surface area contributed by atoms with Crippen LogP contribution in [0.3, 0.4) is 0 Å². The van der Waals surface area contributed by atoms with Crippen LogP contribution >= 0.6 is 0 Å². The molecule has 102 valence electrons. The smallest absolute Gasteiger partial charge is 0.385 e. The van der Waals surface area contributed by atoms with E-state index >= 15 is 0 Å². The molecule has 0 saturated carbocycles. The molecule has 0 aliphatic rings. The van der Waals surface area contributed by atoms with Crippen LogP contribution in [0.15, 0.2) is 24.3 Å². The van der Waals surface area contributed by atoms with Crippen LogP contribution in [0.25, 0.3) is 0 Å². The van der Waals surface area contributed by atoms with Gasteiger partial charge in [0, 0.05) is 19.8 Å². The van der Waals surface area contributed by atoms with Crippen molar-refractivity contribution < 1.29 is 17.9 Å². The fourth-order valence-corrected chi connectivity index (χ4v) is 1.61. The first-order valence-corrected chi connectivity index (χ1v) is 5.84. The maximum Gasteiger partial charge on any atom is 0.416 e. The van der Waals surface area contributed by atoms with Gasteiger partial charge in [0.2, 0.25) is 0 Å². The van der Waals surface area contributed by atoms with Crippen LogP contribution in [0, 0.1) is 0 Å². The summed E-state index contributed by atoms with van der Waals surface area (Å²) < 4.78 is 42.1. The number of ether oxygens (including phenoxy) is 1. The molecule has 0 aliphatic carbocycles. The van der Waals surface area contributed by atoms with Gasteiger partial charge in [-0.3, -0.25) is 0 Å². The van der Waals surface area contributed by atoms with Crippen LogP contribution < -0.4 is 5.32 Å². The Balaban J connectivity index is 2.51. The highest BCUT2D eigenvalue weighted by atomic mass is 19.4. The zero-order valence-electron chi connectivity index (χ0n) is 10.6. The van der Waals surface area contributed by atoms with E-state index in [2.05, 4.69) is 5.32 Å². The van der Waals surface area contributed by atoms with Gasteiger partial charge in [0.1, 0.15) is 0 Å². The zero-order valence-corrected chi connectivity index (χ0v) is 10.6. The van der Waals surface area contributed by atoms with Crippen LogP contribution in [0.2, 0.25) is 0 Å². The molecule has 0 radical (unpaired) electrons. The van der Waals surface area contributed by atoms with E-state index in [9.17, 15) is 13.2 Å². The van der Waals surface area contributed by atoms with Crippen molar-refractivity contribution in [3.63, 3.8) is 0 Å². The summed E-state index contributed by atoms with van der Waals surface area (Å²) in [4.78, 5) is 0. The lowest BCUT2D eigenvalue weighted by atomic mass is 10.1. The molecular weight excluding hydrogens is 243 g/mol. The molecule has 18 heavy (non-hydrogen) atoms. The first-order chi connectivity index (χ1) is 8.45. The van der Waals surface area contributed by atoms with Crippen LogP contribution in [0.5, 0.6) is 0 Å². The van der Waals surface area contributed by atoms with Gasteiger partial charge in [-0.2, -0.15) is 13.2 Å². The van der Waals surface area contributed by atoms with Gasteiger partial charge < -0.3 is 10.1 Å². The molecule has 0 aliphatic heterocycles. The van der Waals surface area contributed by atoms with Gasteiger partial charge >= 0.3 is 6.18 Å². The van der Waals surface area contributed by atoms with E-state index in [1.165, 1.54) is 12.1 Å². The molecule has 0 bridgehead atoms. The van der Waals surface area contributed by atoms with Crippen LogP contribution in [0.4, 0.5) is 13.2 Å². The highest BCUT2D eigenvalue weighted by molar-refractivity contribution is 5.26. The second-order valence-electron chi connectivity index (χ2n) is 4.14. The van der Waals surface area contributed by atoms with Crippen molar-refractivity contribution in [2.75, 3.05) is 20.3 Å². The Hall–Kier alpha value is -1.07. The molecule has 1 rings (SSSR count). The fourth-order valence-electron chi connectivity index (χ4n) is 1.61. The molecule has 0 aromatic heterocycles. The molecule has 1 aromatic rings. The third-order valence-corrected chi connectivity index (χ3v) is 2.71. The number of benzene rings is 1. The second kappa shape index (κ2) is 6.75. The van der Waals surface area contributed by atoms with E-state index in [1.807, 2.05) is 6.92 Å². The summed E-state index contributed by atoms with van der Waals surface area (Å²) in [5, 5.41) is 3.23. The van der Waals surface area contributed by atoms with Gasteiger partial charge in [-0.15, -0.1) is 0 Å². The number of hydrogen-bond donors (Lipinski definition) is 1. The number of nitrogens with one attached hydrogen (secondary N) is 1. The predicted molar refractivity (Wildman–Crippen MR) is 64.4 cm³/mol.